The van der Waals surface area contributed by atoms with E-state index in [0.29, 0.717) is 5.82 Å². The van der Waals surface area contributed by atoms with Crippen LogP contribution in [0, 0.1) is 22.7 Å². The van der Waals surface area contributed by atoms with Crippen LogP contribution in [0.1, 0.15) is 37.7 Å². The van der Waals surface area contributed by atoms with E-state index in [1.807, 2.05) is 12.1 Å². The minimum atomic E-state index is -0.276. The standard InChI is InChI=1S/C19H17N3O/c20-11-19(10-18(19)5-6-18)15-4-3-13-9-21-16(8-14(13)7-15)22-17(23)12-1-2-12/h3-4,7-9,12H,1-2,5-6,10H2,(H,21,22,23)/t19-/m1/s1. The fourth-order valence-electron chi connectivity index (χ4n) is 3.90. The summed E-state index contributed by atoms with van der Waals surface area (Å²) in [6.07, 6.45) is 7.11. The molecule has 4 heteroatoms. The Hall–Kier alpha value is -2.41. The maximum absolute atomic E-state index is 11.9. The second-order valence-corrected chi connectivity index (χ2v) is 7.37. The van der Waals surface area contributed by atoms with Gasteiger partial charge in [-0.25, -0.2) is 4.98 Å². The highest BCUT2D eigenvalue weighted by atomic mass is 16.2. The number of nitrogens with one attached hydrogen (secondary N) is 1. The second kappa shape index (κ2) is 4.11. The van der Waals surface area contributed by atoms with Gasteiger partial charge in [0, 0.05) is 17.5 Å². The number of nitrogens with zero attached hydrogens (tertiary/aromatic N) is 2. The molecule has 0 unspecified atom stereocenters. The van der Waals surface area contributed by atoms with Crippen LogP contribution in [0.2, 0.25) is 0 Å². The summed E-state index contributed by atoms with van der Waals surface area (Å²) in [5.74, 6) is 0.844. The van der Waals surface area contributed by atoms with E-state index in [1.165, 1.54) is 12.8 Å². The summed E-state index contributed by atoms with van der Waals surface area (Å²) in [6, 6.07) is 10.7. The molecular formula is C19H17N3O. The first-order chi connectivity index (χ1) is 11.2. The number of carbonyl (C=O) groups is 1. The van der Waals surface area contributed by atoms with Gasteiger partial charge in [-0.3, -0.25) is 4.79 Å². The lowest BCUT2D eigenvalue weighted by molar-refractivity contribution is -0.117. The number of aromatic nitrogens is 1. The first-order valence-electron chi connectivity index (χ1n) is 8.28. The lowest BCUT2D eigenvalue weighted by Crippen LogP contribution is -2.14. The third-order valence-electron chi connectivity index (χ3n) is 5.84. The summed E-state index contributed by atoms with van der Waals surface area (Å²) in [5, 5.41) is 14.7. The zero-order chi connectivity index (χ0) is 15.7. The SMILES string of the molecule is N#C[C@@]1(c2ccc3cnc(NC(=O)C4CC4)cc3c2)CC12CC2. The van der Waals surface area contributed by atoms with Crippen molar-refractivity contribution in [3.63, 3.8) is 0 Å². The zero-order valence-corrected chi connectivity index (χ0v) is 12.8. The molecule has 4 nitrogen and oxygen atoms in total. The molecule has 1 aromatic heterocycles. The normalized spacial score (nSPS) is 26.7. The molecule has 0 saturated heterocycles. The monoisotopic (exact) mass is 303 g/mol. The lowest BCUT2D eigenvalue weighted by Gasteiger charge is -2.11. The Labute approximate surface area is 134 Å². The first-order valence-corrected chi connectivity index (χ1v) is 8.28. The van der Waals surface area contributed by atoms with Gasteiger partial charge in [-0.05, 0) is 60.6 Å². The van der Waals surface area contributed by atoms with Crippen LogP contribution in [0.4, 0.5) is 5.82 Å². The molecule has 114 valence electrons. The third-order valence-corrected chi connectivity index (χ3v) is 5.84. The van der Waals surface area contributed by atoms with Crippen LogP contribution in [0.5, 0.6) is 0 Å². The van der Waals surface area contributed by atoms with Crippen LogP contribution in [0.25, 0.3) is 10.8 Å². The molecule has 0 radical (unpaired) electrons. The van der Waals surface area contributed by atoms with E-state index in [1.54, 1.807) is 6.20 Å². The zero-order valence-electron chi connectivity index (χ0n) is 12.8. The van der Waals surface area contributed by atoms with E-state index in [2.05, 4.69) is 28.5 Å². The average molecular weight is 303 g/mol. The van der Waals surface area contributed by atoms with E-state index < -0.39 is 0 Å². The Morgan fingerprint density at radius 3 is 2.74 bits per heavy atom. The Kier molecular flexibility index (Phi) is 2.33. The number of anilines is 1. The van der Waals surface area contributed by atoms with Gasteiger partial charge in [0.15, 0.2) is 0 Å². The van der Waals surface area contributed by atoms with Gasteiger partial charge < -0.3 is 5.32 Å². The Morgan fingerprint density at radius 1 is 1.26 bits per heavy atom. The van der Waals surface area contributed by atoms with Gasteiger partial charge in [0.2, 0.25) is 5.91 Å². The van der Waals surface area contributed by atoms with Gasteiger partial charge in [0.25, 0.3) is 0 Å². The number of fused-ring (bicyclic) bond motifs is 1. The van der Waals surface area contributed by atoms with Crippen LogP contribution in [-0.4, -0.2) is 10.9 Å². The molecule has 1 spiro atoms. The van der Waals surface area contributed by atoms with Crippen molar-refractivity contribution in [2.45, 2.75) is 37.5 Å². The van der Waals surface area contributed by atoms with Crippen molar-refractivity contribution in [1.29, 1.82) is 5.26 Å². The van der Waals surface area contributed by atoms with Crippen molar-refractivity contribution in [2.75, 3.05) is 5.32 Å². The minimum Gasteiger partial charge on any atom is -0.310 e. The smallest absolute Gasteiger partial charge is 0.228 e. The van der Waals surface area contributed by atoms with Crippen LogP contribution < -0.4 is 5.32 Å². The van der Waals surface area contributed by atoms with Crippen molar-refractivity contribution < 1.29 is 4.79 Å². The van der Waals surface area contributed by atoms with Gasteiger partial charge in [-0.2, -0.15) is 5.26 Å². The van der Waals surface area contributed by atoms with Crippen molar-refractivity contribution in [3.8, 4) is 6.07 Å². The summed E-state index contributed by atoms with van der Waals surface area (Å²) >= 11 is 0. The number of nitriles is 1. The number of hydrogen-bond acceptors (Lipinski definition) is 3. The summed E-state index contributed by atoms with van der Waals surface area (Å²) in [4.78, 5) is 16.2. The number of hydrogen-bond donors (Lipinski definition) is 1. The highest BCUT2D eigenvalue weighted by Crippen LogP contribution is 2.78. The molecule has 3 fully saturated rings. The molecule has 0 aliphatic heterocycles. The Bertz CT molecular complexity index is 889. The Morgan fingerprint density at radius 2 is 2.09 bits per heavy atom. The molecule has 2 aromatic rings. The fourth-order valence-corrected chi connectivity index (χ4v) is 3.90. The molecule has 3 aliphatic carbocycles. The van der Waals surface area contributed by atoms with E-state index in [9.17, 15) is 10.1 Å². The number of carbonyl (C=O) groups excluding carboxylic acids is 1. The van der Waals surface area contributed by atoms with E-state index in [-0.39, 0.29) is 22.7 Å². The number of amides is 1. The largest absolute Gasteiger partial charge is 0.310 e. The quantitative estimate of drug-likeness (QED) is 0.943. The van der Waals surface area contributed by atoms with E-state index in [4.69, 9.17) is 0 Å². The predicted octanol–water partition coefficient (Wildman–Crippen LogP) is 3.53. The summed E-state index contributed by atoms with van der Waals surface area (Å²) < 4.78 is 0. The molecule has 3 aliphatic rings. The van der Waals surface area contributed by atoms with Crippen molar-refractivity contribution in [2.24, 2.45) is 11.3 Å². The second-order valence-electron chi connectivity index (χ2n) is 7.37. The molecule has 0 bridgehead atoms. The van der Waals surface area contributed by atoms with Crippen LogP contribution in [0.15, 0.2) is 30.5 Å². The topological polar surface area (TPSA) is 65.8 Å². The lowest BCUT2D eigenvalue weighted by atomic mass is 9.92. The molecule has 1 atom stereocenters. The van der Waals surface area contributed by atoms with Crippen molar-refractivity contribution in [3.05, 3.63) is 36.0 Å². The molecule has 1 heterocycles. The number of benzene rings is 1. The first kappa shape index (κ1) is 13.1. The third kappa shape index (κ3) is 1.83. The van der Waals surface area contributed by atoms with Gasteiger partial charge in [-0.15, -0.1) is 0 Å². The molecular weight excluding hydrogens is 286 g/mol. The Balaban J connectivity index is 1.51. The van der Waals surface area contributed by atoms with Gasteiger partial charge in [0.05, 0.1) is 11.5 Å². The predicted molar refractivity (Wildman–Crippen MR) is 86.7 cm³/mol. The molecule has 1 amide bonds. The summed E-state index contributed by atoms with van der Waals surface area (Å²) in [5.41, 5.74) is 1.11. The highest BCUT2D eigenvalue weighted by Gasteiger charge is 2.75. The highest BCUT2D eigenvalue weighted by molar-refractivity contribution is 5.95. The van der Waals surface area contributed by atoms with Crippen molar-refractivity contribution >= 4 is 22.5 Å². The maximum Gasteiger partial charge on any atom is 0.228 e. The average Bonchev–Trinajstić information content (AvgIpc) is 3.43. The number of pyridine rings is 1. The van der Waals surface area contributed by atoms with Crippen molar-refractivity contribution in [1.82, 2.24) is 4.98 Å². The van der Waals surface area contributed by atoms with Crippen LogP contribution >= 0.6 is 0 Å². The van der Waals surface area contributed by atoms with Gasteiger partial charge >= 0.3 is 0 Å². The van der Waals surface area contributed by atoms with E-state index >= 15 is 0 Å². The molecule has 23 heavy (non-hydrogen) atoms. The van der Waals surface area contributed by atoms with Gasteiger partial charge in [-0.1, -0.05) is 12.1 Å². The summed E-state index contributed by atoms with van der Waals surface area (Å²) in [6.45, 7) is 0. The van der Waals surface area contributed by atoms with E-state index in [0.717, 1.165) is 35.6 Å². The molecule has 1 aromatic carbocycles. The molecule has 1 N–H and O–H groups in total. The maximum atomic E-state index is 11.9. The minimum absolute atomic E-state index is 0.0700. The molecule has 5 rings (SSSR count). The fraction of sp³-hybridized carbons (Fsp3) is 0.421. The van der Waals surface area contributed by atoms with Crippen LogP contribution in [-0.2, 0) is 10.2 Å². The number of rotatable bonds is 3. The van der Waals surface area contributed by atoms with Crippen LogP contribution in [0.3, 0.4) is 0 Å². The molecule has 3 saturated carbocycles. The summed E-state index contributed by atoms with van der Waals surface area (Å²) in [7, 11) is 0. The van der Waals surface area contributed by atoms with Gasteiger partial charge in [0.1, 0.15) is 5.82 Å².